The quantitative estimate of drug-likeness (QED) is 0.675. The Kier molecular flexibility index (Phi) is 3.41. The fraction of sp³-hybridized carbons (Fsp3) is 0.231. The molecule has 0 fully saturated rings. The fourth-order valence-electron chi connectivity index (χ4n) is 1.79. The van der Waals surface area contributed by atoms with Crippen LogP contribution in [0.3, 0.4) is 0 Å². The summed E-state index contributed by atoms with van der Waals surface area (Å²) >= 11 is 0. The highest BCUT2D eigenvalue weighted by molar-refractivity contribution is 5.97. The van der Waals surface area contributed by atoms with E-state index in [2.05, 4.69) is 9.72 Å². The standard InChI is InChI=1S/C13H13NO5/c1-7(15)19-8-4-10-9(12(5-8)17-2)6-11(14-10)13(16)18-3/h4-6,14H,1-3H3. The molecule has 0 aliphatic carbocycles. The zero-order chi connectivity index (χ0) is 14.0. The minimum Gasteiger partial charge on any atom is -0.496 e. The summed E-state index contributed by atoms with van der Waals surface area (Å²) in [7, 11) is 2.80. The first-order valence-corrected chi connectivity index (χ1v) is 5.52. The average molecular weight is 263 g/mol. The molecule has 0 amide bonds. The molecule has 0 radical (unpaired) electrons. The maximum atomic E-state index is 11.5. The summed E-state index contributed by atoms with van der Waals surface area (Å²) in [6.45, 7) is 1.31. The second-order valence-electron chi connectivity index (χ2n) is 3.86. The molecule has 0 saturated heterocycles. The van der Waals surface area contributed by atoms with Crippen molar-refractivity contribution in [3.05, 3.63) is 23.9 Å². The lowest BCUT2D eigenvalue weighted by Gasteiger charge is -2.05. The Balaban J connectivity index is 2.56. The molecule has 0 unspecified atom stereocenters. The number of ether oxygens (including phenoxy) is 3. The van der Waals surface area contributed by atoms with Gasteiger partial charge in [-0.05, 0) is 6.07 Å². The topological polar surface area (TPSA) is 77.6 Å². The Labute approximate surface area is 109 Å². The van der Waals surface area contributed by atoms with Gasteiger partial charge < -0.3 is 19.2 Å². The molecule has 0 aliphatic rings. The van der Waals surface area contributed by atoms with Gasteiger partial charge in [0.15, 0.2) is 0 Å². The molecular weight excluding hydrogens is 250 g/mol. The van der Waals surface area contributed by atoms with Crippen molar-refractivity contribution >= 4 is 22.8 Å². The molecule has 1 heterocycles. The molecule has 0 bridgehead atoms. The molecule has 6 nitrogen and oxygen atoms in total. The maximum absolute atomic E-state index is 11.5. The summed E-state index contributed by atoms with van der Waals surface area (Å²) in [5.74, 6) is -0.0660. The summed E-state index contributed by atoms with van der Waals surface area (Å²) in [5, 5.41) is 0.707. The van der Waals surface area contributed by atoms with Crippen LogP contribution in [-0.2, 0) is 9.53 Å². The summed E-state index contributed by atoms with van der Waals surface area (Å²) in [6, 6.07) is 4.82. The van der Waals surface area contributed by atoms with Crippen molar-refractivity contribution in [2.75, 3.05) is 14.2 Å². The van der Waals surface area contributed by atoms with Crippen LogP contribution in [0.15, 0.2) is 18.2 Å². The van der Waals surface area contributed by atoms with Crippen LogP contribution in [0.1, 0.15) is 17.4 Å². The summed E-state index contributed by atoms with van der Waals surface area (Å²) < 4.78 is 14.9. The van der Waals surface area contributed by atoms with E-state index >= 15 is 0 Å². The van der Waals surface area contributed by atoms with Crippen molar-refractivity contribution in [3.63, 3.8) is 0 Å². The molecule has 1 aromatic carbocycles. The van der Waals surface area contributed by atoms with Crippen LogP contribution in [0.25, 0.3) is 10.9 Å². The van der Waals surface area contributed by atoms with Gasteiger partial charge in [0.05, 0.1) is 19.7 Å². The van der Waals surface area contributed by atoms with E-state index in [-0.39, 0.29) is 0 Å². The van der Waals surface area contributed by atoms with Crippen molar-refractivity contribution in [1.29, 1.82) is 0 Å². The van der Waals surface area contributed by atoms with Crippen molar-refractivity contribution in [3.8, 4) is 11.5 Å². The normalized spacial score (nSPS) is 10.3. The molecule has 0 saturated carbocycles. The molecule has 2 aromatic rings. The smallest absolute Gasteiger partial charge is 0.354 e. The third kappa shape index (κ3) is 2.52. The lowest BCUT2D eigenvalue weighted by Crippen LogP contribution is -2.01. The highest BCUT2D eigenvalue weighted by Gasteiger charge is 2.14. The Hall–Kier alpha value is -2.50. The molecule has 6 heteroatoms. The van der Waals surface area contributed by atoms with Gasteiger partial charge >= 0.3 is 11.9 Å². The van der Waals surface area contributed by atoms with Crippen LogP contribution in [0.4, 0.5) is 0 Å². The first-order valence-electron chi connectivity index (χ1n) is 5.52. The van der Waals surface area contributed by atoms with E-state index < -0.39 is 11.9 Å². The number of hydrogen-bond acceptors (Lipinski definition) is 5. The van der Waals surface area contributed by atoms with Crippen molar-refractivity contribution in [2.45, 2.75) is 6.92 Å². The zero-order valence-corrected chi connectivity index (χ0v) is 10.8. The minimum atomic E-state index is -0.479. The van der Waals surface area contributed by atoms with Crippen LogP contribution in [0.5, 0.6) is 11.5 Å². The van der Waals surface area contributed by atoms with Crippen LogP contribution in [0, 0.1) is 0 Å². The Morgan fingerprint density at radius 2 is 1.89 bits per heavy atom. The van der Waals surface area contributed by atoms with Gasteiger partial charge in [0.25, 0.3) is 0 Å². The Morgan fingerprint density at radius 3 is 2.47 bits per heavy atom. The van der Waals surface area contributed by atoms with Crippen LogP contribution >= 0.6 is 0 Å². The SMILES string of the molecule is COC(=O)c1cc2c(OC)cc(OC(C)=O)cc2[nH]1. The third-order valence-electron chi connectivity index (χ3n) is 2.56. The molecule has 1 N–H and O–H groups in total. The molecule has 0 atom stereocenters. The van der Waals surface area contributed by atoms with Crippen molar-refractivity contribution in [2.24, 2.45) is 0 Å². The molecule has 1 aromatic heterocycles. The first-order chi connectivity index (χ1) is 9.05. The number of benzene rings is 1. The van der Waals surface area contributed by atoms with Gasteiger partial charge in [-0.15, -0.1) is 0 Å². The fourth-order valence-corrected chi connectivity index (χ4v) is 1.79. The minimum absolute atomic E-state index is 0.302. The predicted molar refractivity (Wildman–Crippen MR) is 67.5 cm³/mol. The van der Waals surface area contributed by atoms with Gasteiger partial charge in [0.1, 0.15) is 17.2 Å². The number of methoxy groups -OCH3 is 2. The highest BCUT2D eigenvalue weighted by atomic mass is 16.5. The van der Waals surface area contributed by atoms with E-state index in [1.54, 1.807) is 18.2 Å². The Morgan fingerprint density at radius 1 is 1.16 bits per heavy atom. The lowest BCUT2D eigenvalue weighted by molar-refractivity contribution is -0.131. The number of aromatic amines is 1. The number of H-pyrrole nitrogens is 1. The van der Waals surface area contributed by atoms with Gasteiger partial charge in [-0.3, -0.25) is 4.79 Å². The van der Waals surface area contributed by atoms with Crippen LogP contribution < -0.4 is 9.47 Å². The van der Waals surface area contributed by atoms with Gasteiger partial charge in [-0.1, -0.05) is 0 Å². The maximum Gasteiger partial charge on any atom is 0.354 e. The van der Waals surface area contributed by atoms with Crippen molar-refractivity contribution < 1.29 is 23.8 Å². The van der Waals surface area contributed by atoms with E-state index in [4.69, 9.17) is 9.47 Å². The number of aromatic nitrogens is 1. The van der Waals surface area contributed by atoms with Crippen LogP contribution in [-0.4, -0.2) is 31.1 Å². The van der Waals surface area contributed by atoms with Gasteiger partial charge in [-0.25, -0.2) is 4.79 Å². The van der Waals surface area contributed by atoms with E-state index in [1.807, 2.05) is 0 Å². The zero-order valence-electron chi connectivity index (χ0n) is 10.8. The highest BCUT2D eigenvalue weighted by Crippen LogP contribution is 2.31. The Bertz CT molecular complexity index is 644. The molecule has 2 rings (SSSR count). The number of esters is 2. The molecular formula is C13H13NO5. The van der Waals surface area contributed by atoms with E-state index in [0.717, 1.165) is 0 Å². The van der Waals surface area contributed by atoms with E-state index in [0.29, 0.717) is 28.1 Å². The second-order valence-corrected chi connectivity index (χ2v) is 3.86. The van der Waals surface area contributed by atoms with E-state index in [9.17, 15) is 9.59 Å². The van der Waals surface area contributed by atoms with Gasteiger partial charge in [0, 0.05) is 24.4 Å². The van der Waals surface area contributed by atoms with Gasteiger partial charge in [-0.2, -0.15) is 0 Å². The number of hydrogen-bond donors (Lipinski definition) is 1. The average Bonchev–Trinajstić information content (AvgIpc) is 2.79. The number of fused-ring (bicyclic) bond motifs is 1. The largest absolute Gasteiger partial charge is 0.496 e. The van der Waals surface area contributed by atoms with Gasteiger partial charge in [0.2, 0.25) is 0 Å². The second kappa shape index (κ2) is 5.01. The van der Waals surface area contributed by atoms with Crippen molar-refractivity contribution in [1.82, 2.24) is 4.98 Å². The first kappa shape index (κ1) is 12.9. The summed E-state index contributed by atoms with van der Waals surface area (Å²) in [5.41, 5.74) is 0.923. The monoisotopic (exact) mass is 263 g/mol. The number of nitrogens with one attached hydrogen (secondary N) is 1. The van der Waals surface area contributed by atoms with E-state index in [1.165, 1.54) is 21.1 Å². The molecule has 19 heavy (non-hydrogen) atoms. The molecule has 100 valence electrons. The number of carbonyl (C=O) groups is 2. The third-order valence-corrected chi connectivity index (χ3v) is 2.56. The predicted octanol–water partition coefficient (Wildman–Crippen LogP) is 1.89. The molecule has 0 aliphatic heterocycles. The molecule has 0 spiro atoms. The lowest BCUT2D eigenvalue weighted by atomic mass is 10.2. The summed E-state index contributed by atoms with van der Waals surface area (Å²) in [4.78, 5) is 25.3. The number of carbonyl (C=O) groups excluding carboxylic acids is 2. The summed E-state index contributed by atoms with van der Waals surface area (Å²) in [6.07, 6.45) is 0. The van der Waals surface area contributed by atoms with Crippen LogP contribution in [0.2, 0.25) is 0 Å². The number of rotatable bonds is 3.